The Hall–Kier alpha value is -2.04. The van der Waals surface area contributed by atoms with Crippen LogP contribution in [0.3, 0.4) is 0 Å². The van der Waals surface area contributed by atoms with Crippen LogP contribution in [0.15, 0.2) is 24.3 Å². The molecule has 1 fully saturated rings. The average Bonchev–Trinajstić information content (AvgIpc) is 2.46. The van der Waals surface area contributed by atoms with Gasteiger partial charge >= 0.3 is 5.97 Å². The minimum absolute atomic E-state index is 0.00242. The molecule has 0 atom stereocenters. The Kier molecular flexibility index (Phi) is 4.50. The molecule has 114 valence electrons. The number of carbonyl (C=O) groups excluding carboxylic acids is 1. The normalized spacial score (nSPS) is 17.2. The van der Waals surface area contributed by atoms with Crippen LogP contribution in [-0.4, -0.2) is 34.5 Å². The van der Waals surface area contributed by atoms with Crippen LogP contribution in [0.25, 0.3) is 0 Å². The Morgan fingerprint density at radius 1 is 1.29 bits per heavy atom. The second-order valence-corrected chi connectivity index (χ2v) is 5.85. The summed E-state index contributed by atoms with van der Waals surface area (Å²) in [6, 6.07) is 6.81. The average molecular weight is 290 g/mol. The summed E-state index contributed by atoms with van der Waals surface area (Å²) in [4.78, 5) is 25.5. The number of benzene rings is 1. The highest BCUT2D eigenvalue weighted by molar-refractivity contribution is 5.95. The number of carboxylic acid groups (broad SMARTS) is 1. The lowest BCUT2D eigenvalue weighted by atomic mass is 9.78. The quantitative estimate of drug-likeness (QED) is 0.835. The zero-order valence-corrected chi connectivity index (χ0v) is 12.3. The number of hydrogen-bond donors (Lipinski definition) is 2. The van der Waals surface area contributed by atoms with E-state index in [0.717, 1.165) is 32.1 Å². The number of nitrogen functional groups attached to an aromatic ring is 1. The van der Waals surface area contributed by atoms with E-state index in [1.165, 1.54) is 0 Å². The van der Waals surface area contributed by atoms with E-state index in [-0.39, 0.29) is 12.3 Å². The highest BCUT2D eigenvalue weighted by atomic mass is 16.4. The van der Waals surface area contributed by atoms with E-state index >= 15 is 0 Å². The molecule has 1 saturated carbocycles. The van der Waals surface area contributed by atoms with Crippen LogP contribution in [0.1, 0.15) is 48.9 Å². The highest BCUT2D eigenvalue weighted by Gasteiger charge is 2.40. The number of aliphatic carboxylic acids is 1. The molecule has 0 aromatic heterocycles. The molecule has 0 heterocycles. The van der Waals surface area contributed by atoms with Crippen molar-refractivity contribution in [2.45, 2.75) is 44.1 Å². The molecule has 0 spiro atoms. The molecule has 1 aliphatic rings. The second kappa shape index (κ2) is 6.16. The SMILES string of the molecule is CN(C(=O)c1cccc(N)c1)C1(CC(=O)O)CCCCC1. The van der Waals surface area contributed by atoms with Gasteiger partial charge in [-0.05, 0) is 31.0 Å². The molecule has 1 aromatic carbocycles. The van der Waals surface area contributed by atoms with E-state index in [0.29, 0.717) is 11.3 Å². The molecular formula is C16H22N2O3. The predicted octanol–water partition coefficient (Wildman–Crippen LogP) is 2.52. The molecule has 5 heteroatoms. The summed E-state index contributed by atoms with van der Waals surface area (Å²) in [5, 5.41) is 9.22. The molecule has 21 heavy (non-hydrogen) atoms. The van der Waals surface area contributed by atoms with Crippen LogP contribution in [0.5, 0.6) is 0 Å². The molecule has 0 bridgehead atoms. The zero-order chi connectivity index (χ0) is 15.5. The number of anilines is 1. The molecule has 5 nitrogen and oxygen atoms in total. The molecule has 2 rings (SSSR count). The van der Waals surface area contributed by atoms with Crippen LogP contribution in [-0.2, 0) is 4.79 Å². The topological polar surface area (TPSA) is 83.6 Å². The molecule has 1 amide bonds. The Morgan fingerprint density at radius 2 is 1.95 bits per heavy atom. The van der Waals surface area contributed by atoms with Crippen molar-refractivity contribution in [3.63, 3.8) is 0 Å². The fourth-order valence-electron chi connectivity index (χ4n) is 3.20. The van der Waals surface area contributed by atoms with Gasteiger partial charge in [0.15, 0.2) is 0 Å². The minimum atomic E-state index is -0.857. The third-order valence-corrected chi connectivity index (χ3v) is 4.41. The molecule has 0 unspecified atom stereocenters. The maximum absolute atomic E-state index is 12.7. The summed E-state index contributed by atoms with van der Waals surface area (Å²) >= 11 is 0. The van der Waals surface area contributed by atoms with Crippen molar-refractivity contribution >= 4 is 17.6 Å². The molecule has 1 aromatic rings. The summed E-state index contributed by atoms with van der Waals surface area (Å²) in [6.07, 6.45) is 4.50. The molecule has 0 aliphatic heterocycles. The van der Waals surface area contributed by atoms with Crippen molar-refractivity contribution < 1.29 is 14.7 Å². The van der Waals surface area contributed by atoms with Gasteiger partial charge in [0, 0.05) is 18.3 Å². The summed E-state index contributed by atoms with van der Waals surface area (Å²) in [6.45, 7) is 0. The summed E-state index contributed by atoms with van der Waals surface area (Å²) < 4.78 is 0. The Morgan fingerprint density at radius 3 is 2.52 bits per heavy atom. The Bertz CT molecular complexity index is 536. The number of amides is 1. The highest BCUT2D eigenvalue weighted by Crippen LogP contribution is 2.36. The van der Waals surface area contributed by atoms with Gasteiger partial charge in [0.1, 0.15) is 0 Å². The molecule has 0 radical (unpaired) electrons. The van der Waals surface area contributed by atoms with Crippen LogP contribution in [0.4, 0.5) is 5.69 Å². The summed E-state index contributed by atoms with van der Waals surface area (Å²) in [7, 11) is 1.71. The van der Waals surface area contributed by atoms with E-state index < -0.39 is 11.5 Å². The van der Waals surface area contributed by atoms with Crippen LogP contribution in [0, 0.1) is 0 Å². The maximum Gasteiger partial charge on any atom is 0.305 e. The van der Waals surface area contributed by atoms with Gasteiger partial charge in [-0.25, -0.2) is 0 Å². The number of rotatable bonds is 4. The molecule has 1 aliphatic carbocycles. The molecule has 0 saturated heterocycles. The first-order valence-electron chi connectivity index (χ1n) is 7.30. The maximum atomic E-state index is 12.7. The third kappa shape index (κ3) is 3.35. The van der Waals surface area contributed by atoms with Gasteiger partial charge < -0.3 is 15.7 Å². The Balaban J connectivity index is 2.27. The van der Waals surface area contributed by atoms with Crippen LogP contribution in [0.2, 0.25) is 0 Å². The van der Waals surface area contributed by atoms with E-state index in [4.69, 9.17) is 5.73 Å². The summed E-state index contributed by atoms with van der Waals surface area (Å²) in [5.74, 6) is -1.02. The number of nitrogens with zero attached hydrogens (tertiary/aromatic N) is 1. The van der Waals surface area contributed by atoms with Crippen molar-refractivity contribution in [2.24, 2.45) is 0 Å². The van der Waals surface area contributed by atoms with Gasteiger partial charge in [-0.2, -0.15) is 0 Å². The first kappa shape index (κ1) is 15.4. The zero-order valence-electron chi connectivity index (χ0n) is 12.3. The number of hydrogen-bond acceptors (Lipinski definition) is 3. The fourth-order valence-corrected chi connectivity index (χ4v) is 3.20. The van der Waals surface area contributed by atoms with Crippen molar-refractivity contribution in [3.8, 4) is 0 Å². The van der Waals surface area contributed by atoms with Gasteiger partial charge in [0.05, 0.1) is 12.0 Å². The third-order valence-electron chi connectivity index (χ3n) is 4.41. The number of nitrogens with two attached hydrogens (primary N) is 1. The van der Waals surface area contributed by atoms with E-state index in [2.05, 4.69) is 0 Å². The lowest BCUT2D eigenvalue weighted by Crippen LogP contribution is -2.52. The van der Waals surface area contributed by atoms with Crippen molar-refractivity contribution in [1.29, 1.82) is 0 Å². The van der Waals surface area contributed by atoms with E-state index in [9.17, 15) is 14.7 Å². The van der Waals surface area contributed by atoms with Gasteiger partial charge in [-0.3, -0.25) is 9.59 Å². The fraction of sp³-hybridized carbons (Fsp3) is 0.500. The first-order valence-corrected chi connectivity index (χ1v) is 7.30. The predicted molar refractivity (Wildman–Crippen MR) is 81.0 cm³/mol. The second-order valence-electron chi connectivity index (χ2n) is 5.85. The minimum Gasteiger partial charge on any atom is -0.481 e. The van der Waals surface area contributed by atoms with Crippen molar-refractivity contribution in [2.75, 3.05) is 12.8 Å². The van der Waals surface area contributed by atoms with Crippen molar-refractivity contribution in [1.82, 2.24) is 4.90 Å². The Labute approximate surface area is 124 Å². The largest absolute Gasteiger partial charge is 0.481 e. The number of carboxylic acids is 1. The smallest absolute Gasteiger partial charge is 0.305 e. The monoisotopic (exact) mass is 290 g/mol. The lowest BCUT2D eigenvalue weighted by molar-refractivity contribution is -0.140. The van der Waals surface area contributed by atoms with Crippen LogP contribution < -0.4 is 5.73 Å². The van der Waals surface area contributed by atoms with Gasteiger partial charge in [-0.1, -0.05) is 25.3 Å². The standard InChI is InChI=1S/C16H22N2O3/c1-18(15(21)12-6-5-7-13(17)10-12)16(11-14(19)20)8-3-2-4-9-16/h5-7,10H,2-4,8-9,11,17H2,1H3,(H,19,20). The van der Waals surface area contributed by atoms with E-state index in [1.807, 2.05) is 0 Å². The molecular weight excluding hydrogens is 268 g/mol. The van der Waals surface area contributed by atoms with Crippen molar-refractivity contribution in [3.05, 3.63) is 29.8 Å². The van der Waals surface area contributed by atoms with Gasteiger partial charge in [-0.15, -0.1) is 0 Å². The van der Waals surface area contributed by atoms with Gasteiger partial charge in [0.25, 0.3) is 5.91 Å². The number of carbonyl (C=O) groups is 2. The molecule has 3 N–H and O–H groups in total. The lowest BCUT2D eigenvalue weighted by Gasteiger charge is -2.44. The van der Waals surface area contributed by atoms with Crippen LogP contribution >= 0.6 is 0 Å². The van der Waals surface area contributed by atoms with E-state index in [1.54, 1.807) is 36.2 Å². The first-order chi connectivity index (χ1) is 9.94. The summed E-state index contributed by atoms with van der Waals surface area (Å²) in [5.41, 5.74) is 6.19. The van der Waals surface area contributed by atoms with Gasteiger partial charge in [0.2, 0.25) is 0 Å².